The van der Waals surface area contributed by atoms with Gasteiger partial charge in [0.15, 0.2) is 5.13 Å². The Morgan fingerprint density at radius 3 is 2.89 bits per heavy atom. The highest BCUT2D eigenvalue weighted by Gasteiger charge is 2.25. The fourth-order valence-electron chi connectivity index (χ4n) is 2.93. The Hall–Kier alpha value is -3.33. The van der Waals surface area contributed by atoms with E-state index in [9.17, 15) is 9.59 Å². The van der Waals surface area contributed by atoms with Gasteiger partial charge in [0.25, 0.3) is 5.91 Å². The van der Waals surface area contributed by atoms with Crippen LogP contribution >= 0.6 is 11.3 Å². The van der Waals surface area contributed by atoms with Crippen molar-refractivity contribution in [1.29, 1.82) is 0 Å². The number of nitrogens with one attached hydrogen (secondary N) is 2. The van der Waals surface area contributed by atoms with Gasteiger partial charge in [-0.25, -0.2) is 9.78 Å². The van der Waals surface area contributed by atoms with Gasteiger partial charge in [0.1, 0.15) is 12.0 Å². The minimum Gasteiger partial charge on any atom is -0.495 e. The second-order valence-corrected chi connectivity index (χ2v) is 7.24. The van der Waals surface area contributed by atoms with Crippen molar-refractivity contribution in [3.05, 3.63) is 59.0 Å². The number of para-hydroxylation sites is 2. The predicted octanol–water partition coefficient (Wildman–Crippen LogP) is 3.59. The van der Waals surface area contributed by atoms with Crippen LogP contribution in [0.15, 0.2) is 47.3 Å². The highest BCUT2D eigenvalue weighted by Crippen LogP contribution is 2.30. The van der Waals surface area contributed by atoms with Crippen molar-refractivity contribution in [1.82, 2.24) is 9.88 Å². The zero-order valence-electron chi connectivity index (χ0n) is 15.1. The van der Waals surface area contributed by atoms with Crippen molar-refractivity contribution in [2.24, 2.45) is 0 Å². The average molecular weight is 398 g/mol. The maximum Gasteiger partial charge on any atom is 0.322 e. The summed E-state index contributed by atoms with van der Waals surface area (Å²) >= 11 is 1.38. The number of urea groups is 1. The minimum atomic E-state index is -0.273. The second kappa shape index (κ2) is 7.73. The Kier molecular flexibility index (Phi) is 4.98. The van der Waals surface area contributed by atoms with E-state index < -0.39 is 0 Å². The molecule has 0 aliphatic carbocycles. The van der Waals surface area contributed by atoms with Gasteiger partial charge >= 0.3 is 6.03 Å². The van der Waals surface area contributed by atoms with E-state index in [0.29, 0.717) is 41.6 Å². The number of rotatable bonds is 4. The molecule has 1 aliphatic rings. The number of ether oxygens (including phenoxy) is 1. The highest BCUT2D eigenvalue weighted by atomic mass is 32.1. The van der Waals surface area contributed by atoms with E-state index in [1.165, 1.54) is 23.9 Å². The highest BCUT2D eigenvalue weighted by molar-refractivity contribution is 7.15. The Morgan fingerprint density at radius 2 is 2.11 bits per heavy atom. The summed E-state index contributed by atoms with van der Waals surface area (Å²) in [4.78, 5) is 31.9. The minimum absolute atomic E-state index is 0.201. The van der Waals surface area contributed by atoms with Crippen molar-refractivity contribution < 1.29 is 18.7 Å². The number of hydrogen-bond acceptors (Lipinski definition) is 6. The van der Waals surface area contributed by atoms with Crippen LogP contribution < -0.4 is 15.4 Å². The first kappa shape index (κ1) is 18.1. The molecular weight excluding hydrogens is 380 g/mol. The molecule has 3 aromatic rings. The number of nitrogens with zero attached hydrogens (tertiary/aromatic N) is 2. The second-order valence-electron chi connectivity index (χ2n) is 6.16. The van der Waals surface area contributed by atoms with Crippen LogP contribution in [0.2, 0.25) is 0 Å². The van der Waals surface area contributed by atoms with Gasteiger partial charge in [-0.15, -0.1) is 0 Å². The zero-order chi connectivity index (χ0) is 19.5. The van der Waals surface area contributed by atoms with Gasteiger partial charge in [0.2, 0.25) is 0 Å². The van der Waals surface area contributed by atoms with E-state index >= 15 is 0 Å². The fourth-order valence-corrected chi connectivity index (χ4v) is 3.95. The lowest BCUT2D eigenvalue weighted by atomic mass is 10.2. The van der Waals surface area contributed by atoms with Crippen LogP contribution in [0.25, 0.3) is 0 Å². The lowest BCUT2D eigenvalue weighted by Gasteiger charge is -2.26. The lowest BCUT2D eigenvalue weighted by molar-refractivity contribution is 0.102. The number of hydrogen-bond donors (Lipinski definition) is 2. The molecule has 0 saturated carbocycles. The number of amides is 3. The third-order valence-electron chi connectivity index (χ3n) is 4.37. The first-order chi connectivity index (χ1) is 13.6. The molecule has 3 amide bonds. The Balaban J connectivity index is 1.42. The Morgan fingerprint density at radius 1 is 1.25 bits per heavy atom. The van der Waals surface area contributed by atoms with Crippen LogP contribution in [-0.2, 0) is 13.0 Å². The van der Waals surface area contributed by atoms with E-state index in [0.717, 1.165) is 10.6 Å². The smallest absolute Gasteiger partial charge is 0.322 e. The number of anilines is 2. The summed E-state index contributed by atoms with van der Waals surface area (Å²) in [6.07, 6.45) is 3.46. The largest absolute Gasteiger partial charge is 0.495 e. The van der Waals surface area contributed by atoms with Crippen molar-refractivity contribution in [2.45, 2.75) is 13.0 Å². The van der Waals surface area contributed by atoms with Crippen molar-refractivity contribution in [3.63, 3.8) is 0 Å². The third kappa shape index (κ3) is 3.70. The summed E-state index contributed by atoms with van der Waals surface area (Å²) in [5.41, 5.74) is 1.97. The Labute approximate surface area is 165 Å². The molecule has 2 N–H and O–H groups in total. The van der Waals surface area contributed by atoms with E-state index in [1.807, 2.05) is 12.1 Å². The van der Waals surface area contributed by atoms with E-state index in [2.05, 4.69) is 15.6 Å². The summed E-state index contributed by atoms with van der Waals surface area (Å²) in [7, 11) is 1.56. The molecule has 2 aromatic heterocycles. The quantitative estimate of drug-likeness (QED) is 0.700. The maximum atomic E-state index is 12.6. The van der Waals surface area contributed by atoms with Crippen LogP contribution in [0.4, 0.5) is 15.6 Å². The number of benzene rings is 1. The Bertz CT molecular complexity index is 999. The number of thiazole rings is 1. The summed E-state index contributed by atoms with van der Waals surface area (Å²) in [5, 5.41) is 6.18. The van der Waals surface area contributed by atoms with Crippen LogP contribution in [0.1, 0.15) is 20.9 Å². The molecule has 144 valence electrons. The van der Waals surface area contributed by atoms with Crippen LogP contribution in [0.3, 0.4) is 0 Å². The molecule has 0 radical (unpaired) electrons. The number of aromatic nitrogens is 1. The van der Waals surface area contributed by atoms with Gasteiger partial charge in [-0.05, 0) is 18.2 Å². The van der Waals surface area contributed by atoms with E-state index in [-0.39, 0.29) is 11.9 Å². The standard InChI is InChI=1S/C19H18N4O4S/c1-26-15-5-3-2-4-13(15)21-19(25)23-8-6-14-16(10-23)28-18(20-14)22-17(24)12-7-9-27-11-12/h2-5,7,9,11H,6,8,10H2,1H3,(H,21,25)(H,20,22,24). The molecule has 3 heterocycles. The van der Waals surface area contributed by atoms with Gasteiger partial charge in [0.05, 0.1) is 36.9 Å². The third-order valence-corrected chi connectivity index (χ3v) is 5.37. The molecule has 0 fully saturated rings. The maximum absolute atomic E-state index is 12.6. The molecule has 0 atom stereocenters. The van der Waals surface area contributed by atoms with Gasteiger partial charge in [-0.2, -0.15) is 0 Å². The van der Waals surface area contributed by atoms with E-state index in [4.69, 9.17) is 9.15 Å². The number of carbonyl (C=O) groups is 2. The molecule has 0 saturated heterocycles. The monoisotopic (exact) mass is 398 g/mol. The molecule has 0 spiro atoms. The molecule has 8 nitrogen and oxygen atoms in total. The molecule has 9 heteroatoms. The van der Waals surface area contributed by atoms with Crippen molar-refractivity contribution >= 4 is 34.1 Å². The summed E-state index contributed by atoms with van der Waals surface area (Å²) in [6, 6.07) is 8.66. The first-order valence-corrected chi connectivity index (χ1v) is 9.47. The number of fused-ring (bicyclic) bond motifs is 1. The zero-order valence-corrected chi connectivity index (χ0v) is 15.9. The van der Waals surface area contributed by atoms with Gasteiger partial charge < -0.3 is 19.4 Å². The average Bonchev–Trinajstić information content (AvgIpc) is 3.37. The predicted molar refractivity (Wildman–Crippen MR) is 105 cm³/mol. The molecule has 1 aliphatic heterocycles. The lowest BCUT2D eigenvalue weighted by Crippen LogP contribution is -2.38. The van der Waals surface area contributed by atoms with Gasteiger partial charge in [-0.1, -0.05) is 23.5 Å². The van der Waals surface area contributed by atoms with E-state index in [1.54, 1.807) is 30.2 Å². The van der Waals surface area contributed by atoms with Gasteiger partial charge in [-0.3, -0.25) is 10.1 Å². The van der Waals surface area contributed by atoms with Crippen LogP contribution in [0, 0.1) is 0 Å². The number of furan rings is 1. The van der Waals surface area contributed by atoms with Crippen molar-refractivity contribution in [2.75, 3.05) is 24.3 Å². The SMILES string of the molecule is COc1ccccc1NC(=O)N1CCc2nc(NC(=O)c3ccoc3)sc2C1. The molecule has 4 rings (SSSR count). The first-order valence-electron chi connectivity index (χ1n) is 8.65. The number of carbonyl (C=O) groups excluding carboxylic acids is 2. The molecule has 1 aromatic carbocycles. The summed E-state index contributed by atoms with van der Waals surface area (Å²) in [5.74, 6) is 0.334. The molecule has 0 unspecified atom stereocenters. The molecule has 28 heavy (non-hydrogen) atoms. The summed E-state index contributed by atoms with van der Waals surface area (Å²) < 4.78 is 10.2. The molecular formula is C19H18N4O4S. The number of methoxy groups -OCH3 is 1. The molecule has 0 bridgehead atoms. The topological polar surface area (TPSA) is 96.7 Å². The van der Waals surface area contributed by atoms with Crippen molar-refractivity contribution in [3.8, 4) is 5.75 Å². The van der Waals surface area contributed by atoms with Crippen LogP contribution in [0.5, 0.6) is 5.75 Å². The van der Waals surface area contributed by atoms with Crippen LogP contribution in [-0.4, -0.2) is 35.5 Å². The normalized spacial score (nSPS) is 13.0. The fraction of sp³-hybridized carbons (Fsp3) is 0.211. The summed E-state index contributed by atoms with van der Waals surface area (Å²) in [6.45, 7) is 0.988. The van der Waals surface area contributed by atoms with Gasteiger partial charge in [0, 0.05) is 17.8 Å².